The first kappa shape index (κ1) is 30.8. The van der Waals surface area contributed by atoms with E-state index in [2.05, 4.69) is 40.9 Å². The van der Waals surface area contributed by atoms with Crippen LogP contribution < -0.4 is 4.74 Å². The van der Waals surface area contributed by atoms with Gasteiger partial charge in [0.05, 0.1) is 30.0 Å². The van der Waals surface area contributed by atoms with Crippen LogP contribution in [0.15, 0.2) is 24.5 Å². The highest BCUT2D eigenvalue weighted by Gasteiger charge is 2.36. The van der Waals surface area contributed by atoms with Gasteiger partial charge in [-0.1, -0.05) is 19.6 Å². The molecule has 11 nitrogen and oxygen atoms in total. The van der Waals surface area contributed by atoms with Gasteiger partial charge in [-0.25, -0.2) is 18.4 Å². The fourth-order valence-corrected chi connectivity index (χ4v) is 5.83. The Morgan fingerprint density at radius 3 is 2.70 bits per heavy atom. The number of hydrogen-bond donors (Lipinski definition) is 1. The average Bonchev–Trinajstić information content (AvgIpc) is 3.59. The Labute approximate surface area is 249 Å². The third-order valence-electron chi connectivity index (χ3n) is 7.07. The van der Waals surface area contributed by atoms with Gasteiger partial charge in [-0.2, -0.15) is 15.5 Å². The van der Waals surface area contributed by atoms with Crippen molar-refractivity contribution >= 4 is 19.1 Å². The second kappa shape index (κ2) is 11.8. The average molecular weight is 614 g/mol. The SMILES string of the molecule is Cn1cc(-c2c(-c3c(C(F)F)nn4c3OCC(OCC(C)(C)O)C4)n(COCC[Si](C)(C)C)c3ncccc23)c(C#N)n1. The Kier molecular flexibility index (Phi) is 8.45. The number of ether oxygens (including phenoxy) is 3. The molecule has 0 radical (unpaired) electrons. The highest BCUT2D eigenvalue weighted by Crippen LogP contribution is 2.48. The number of aryl methyl sites for hydroxylation is 1. The Hall–Kier alpha value is -3.64. The molecule has 1 aliphatic rings. The molecule has 0 spiro atoms. The molecule has 4 aromatic heterocycles. The summed E-state index contributed by atoms with van der Waals surface area (Å²) in [6, 6.07) is 6.66. The van der Waals surface area contributed by atoms with Crippen molar-refractivity contribution < 1.29 is 28.1 Å². The third kappa shape index (κ3) is 6.49. The Balaban J connectivity index is 1.71. The van der Waals surface area contributed by atoms with Crippen molar-refractivity contribution in [2.24, 2.45) is 7.05 Å². The summed E-state index contributed by atoms with van der Waals surface area (Å²) in [5, 5.41) is 29.3. The molecule has 4 aromatic rings. The third-order valence-corrected chi connectivity index (χ3v) is 8.77. The summed E-state index contributed by atoms with van der Waals surface area (Å²) in [5.74, 6) is 0.160. The lowest BCUT2D eigenvalue weighted by Gasteiger charge is -2.27. The molecular weight excluding hydrogens is 576 g/mol. The van der Waals surface area contributed by atoms with Gasteiger partial charge < -0.3 is 23.9 Å². The van der Waals surface area contributed by atoms with E-state index in [0.29, 0.717) is 34.5 Å². The number of alkyl halides is 2. The zero-order valence-corrected chi connectivity index (χ0v) is 26.3. The van der Waals surface area contributed by atoms with E-state index in [0.717, 1.165) is 6.04 Å². The number of rotatable bonds is 11. The fourth-order valence-electron chi connectivity index (χ4n) is 5.07. The number of aromatic nitrogens is 6. The van der Waals surface area contributed by atoms with E-state index in [1.54, 1.807) is 43.9 Å². The van der Waals surface area contributed by atoms with Crippen molar-refractivity contribution in [3.63, 3.8) is 0 Å². The molecule has 1 aliphatic heterocycles. The van der Waals surface area contributed by atoms with Crippen LogP contribution in [-0.2, 0) is 29.8 Å². The molecule has 1 atom stereocenters. The topological polar surface area (TPSA) is 125 Å². The summed E-state index contributed by atoms with van der Waals surface area (Å²) in [6.07, 6.45) is -0.111. The summed E-state index contributed by atoms with van der Waals surface area (Å²) < 4.78 is 52.3. The smallest absolute Gasteiger partial charge is 0.282 e. The van der Waals surface area contributed by atoms with Crippen LogP contribution in [0, 0.1) is 11.3 Å². The number of nitrogens with zero attached hydrogens (tertiary/aromatic N) is 7. The summed E-state index contributed by atoms with van der Waals surface area (Å²) in [5.41, 5.74) is 0.577. The summed E-state index contributed by atoms with van der Waals surface area (Å²) in [6.45, 7) is 10.8. The molecule has 1 N–H and O–H groups in total. The molecule has 0 fully saturated rings. The minimum Gasteiger partial charge on any atom is -0.474 e. The van der Waals surface area contributed by atoms with Crippen molar-refractivity contribution in [1.29, 1.82) is 5.26 Å². The number of pyridine rings is 1. The standard InChI is InChI=1S/C29H37F2N7O4Si/c1-29(2,39)16-42-18-13-38-28(41-15-18)23(24(35-38)26(30)31)25-22(20-14-36(3)34-21(20)12-32)19-8-7-9-33-27(19)37(25)17-40-10-11-43(4,5)6/h7-9,14,18,26,39H,10-11,13,15-17H2,1-6H3. The molecule has 1 unspecified atom stereocenters. The van der Waals surface area contributed by atoms with Crippen molar-refractivity contribution in [3.05, 3.63) is 35.9 Å². The molecule has 14 heteroatoms. The van der Waals surface area contributed by atoms with Gasteiger partial charge in [0.25, 0.3) is 6.43 Å². The monoisotopic (exact) mass is 613 g/mol. The van der Waals surface area contributed by atoms with Crippen molar-refractivity contribution in [2.45, 2.75) is 70.9 Å². The molecule has 43 heavy (non-hydrogen) atoms. The molecule has 0 saturated carbocycles. The van der Waals surface area contributed by atoms with Crippen molar-refractivity contribution in [1.82, 2.24) is 29.1 Å². The molecular formula is C29H37F2N7O4Si. The van der Waals surface area contributed by atoms with E-state index in [-0.39, 0.29) is 43.6 Å². The highest BCUT2D eigenvalue weighted by molar-refractivity contribution is 6.76. The second-order valence-electron chi connectivity index (χ2n) is 12.7. The predicted octanol–water partition coefficient (Wildman–Crippen LogP) is 4.97. The maximum Gasteiger partial charge on any atom is 0.282 e. The molecule has 0 amide bonds. The van der Waals surface area contributed by atoms with Crippen LogP contribution in [0.4, 0.5) is 8.78 Å². The first-order valence-electron chi connectivity index (χ1n) is 14.1. The molecule has 0 aliphatic carbocycles. The van der Waals surface area contributed by atoms with E-state index in [9.17, 15) is 19.1 Å². The quantitative estimate of drug-likeness (QED) is 0.186. The van der Waals surface area contributed by atoms with Gasteiger partial charge in [-0.05, 0) is 32.0 Å². The van der Waals surface area contributed by atoms with Crippen LogP contribution in [0.5, 0.6) is 5.88 Å². The van der Waals surface area contributed by atoms with E-state index in [4.69, 9.17) is 14.2 Å². The maximum atomic E-state index is 14.8. The van der Waals surface area contributed by atoms with Crippen molar-refractivity contribution in [2.75, 3.05) is 19.8 Å². The minimum atomic E-state index is -2.93. The zero-order chi connectivity index (χ0) is 31.1. The molecule has 0 aromatic carbocycles. The van der Waals surface area contributed by atoms with Gasteiger partial charge in [-0.15, -0.1) is 0 Å². The Morgan fingerprint density at radius 1 is 1.26 bits per heavy atom. The highest BCUT2D eigenvalue weighted by atomic mass is 28.3. The van der Waals surface area contributed by atoms with E-state index < -0.39 is 31.9 Å². The second-order valence-corrected chi connectivity index (χ2v) is 18.3. The van der Waals surface area contributed by atoms with Crippen LogP contribution in [0.25, 0.3) is 33.4 Å². The molecule has 230 valence electrons. The first-order chi connectivity index (χ1) is 20.3. The Morgan fingerprint density at radius 2 is 2.02 bits per heavy atom. The Bertz CT molecular complexity index is 1660. The van der Waals surface area contributed by atoms with Crippen LogP contribution >= 0.6 is 0 Å². The van der Waals surface area contributed by atoms with Gasteiger partial charge in [0.15, 0.2) is 5.69 Å². The van der Waals surface area contributed by atoms with Crippen LogP contribution in [0.1, 0.15) is 31.7 Å². The lowest BCUT2D eigenvalue weighted by Crippen LogP contribution is -2.37. The van der Waals surface area contributed by atoms with Gasteiger partial charge in [0.2, 0.25) is 5.88 Å². The summed E-state index contributed by atoms with van der Waals surface area (Å²) >= 11 is 0. The molecule has 0 saturated heterocycles. The largest absolute Gasteiger partial charge is 0.474 e. The maximum absolute atomic E-state index is 14.8. The van der Waals surface area contributed by atoms with E-state index >= 15 is 0 Å². The number of halogens is 2. The van der Waals surface area contributed by atoms with Crippen LogP contribution in [0.3, 0.4) is 0 Å². The van der Waals surface area contributed by atoms with Crippen LogP contribution in [0.2, 0.25) is 25.7 Å². The number of hydrogen-bond acceptors (Lipinski definition) is 8. The van der Waals surface area contributed by atoms with Gasteiger partial charge in [0, 0.05) is 50.6 Å². The summed E-state index contributed by atoms with van der Waals surface area (Å²) in [4.78, 5) is 4.62. The van der Waals surface area contributed by atoms with Crippen LogP contribution in [-0.4, -0.2) is 73.8 Å². The van der Waals surface area contributed by atoms with Gasteiger partial charge >= 0.3 is 0 Å². The lowest BCUT2D eigenvalue weighted by molar-refractivity contribution is -0.0786. The fraction of sp³-hybridized carbons (Fsp3) is 0.517. The molecule has 5 rings (SSSR count). The first-order valence-corrected chi connectivity index (χ1v) is 17.8. The predicted molar refractivity (Wildman–Crippen MR) is 158 cm³/mol. The summed E-state index contributed by atoms with van der Waals surface area (Å²) in [7, 11) is 0.300. The van der Waals surface area contributed by atoms with Gasteiger partial charge in [0.1, 0.15) is 36.9 Å². The molecule has 0 bridgehead atoms. The minimum absolute atomic E-state index is 0.0418. The number of nitriles is 1. The molecule has 5 heterocycles. The van der Waals surface area contributed by atoms with E-state index in [1.165, 1.54) is 9.36 Å². The number of fused-ring (bicyclic) bond motifs is 2. The van der Waals surface area contributed by atoms with Crippen molar-refractivity contribution in [3.8, 4) is 34.3 Å². The lowest BCUT2D eigenvalue weighted by atomic mass is 9.99. The normalized spacial score (nSPS) is 15.6. The number of aliphatic hydroxyl groups is 1. The van der Waals surface area contributed by atoms with E-state index in [1.807, 2.05) is 6.07 Å². The van der Waals surface area contributed by atoms with Gasteiger partial charge in [-0.3, -0.25) is 4.68 Å². The zero-order valence-electron chi connectivity index (χ0n) is 25.3.